The largest absolute Gasteiger partial charge is 0.397 e. The number of nitrogen functional groups attached to an aromatic ring is 1. The molecular weight excluding hydrogens is 222 g/mol. The summed E-state index contributed by atoms with van der Waals surface area (Å²) in [5.41, 5.74) is 11.2. The van der Waals surface area contributed by atoms with Crippen molar-refractivity contribution in [3.05, 3.63) is 53.3 Å². The number of hydrogen-bond donors (Lipinski definition) is 2. The molecule has 2 rings (SSSR count). The second-order valence-corrected chi connectivity index (χ2v) is 4.41. The van der Waals surface area contributed by atoms with Crippen molar-refractivity contribution in [2.45, 2.75) is 26.8 Å². The molecule has 0 aliphatic rings. The fourth-order valence-corrected chi connectivity index (χ4v) is 1.95. The molecule has 0 radical (unpaired) electrons. The van der Waals surface area contributed by atoms with Gasteiger partial charge in [-0.2, -0.15) is 0 Å². The van der Waals surface area contributed by atoms with Crippen LogP contribution in [0, 0.1) is 6.92 Å². The van der Waals surface area contributed by atoms with Crippen LogP contribution in [0.15, 0.2) is 36.5 Å². The summed E-state index contributed by atoms with van der Waals surface area (Å²) in [6.45, 7) is 4.90. The van der Waals surface area contributed by atoms with Crippen molar-refractivity contribution in [3.63, 3.8) is 0 Å². The monoisotopic (exact) mass is 241 g/mol. The summed E-state index contributed by atoms with van der Waals surface area (Å²) in [5.74, 6) is 0. The summed E-state index contributed by atoms with van der Waals surface area (Å²) in [6, 6.07) is 10.1. The highest BCUT2D eigenvalue weighted by molar-refractivity contribution is 5.66. The smallest absolute Gasteiger partial charge is 0.0626 e. The van der Waals surface area contributed by atoms with Crippen LogP contribution in [0.3, 0.4) is 0 Å². The number of nitrogens with one attached hydrogen (secondary N) is 1. The van der Waals surface area contributed by atoms with E-state index >= 15 is 0 Å². The van der Waals surface area contributed by atoms with Crippen molar-refractivity contribution in [1.29, 1.82) is 0 Å². The Morgan fingerprint density at radius 1 is 1.28 bits per heavy atom. The minimum absolute atomic E-state index is 0.706. The van der Waals surface area contributed by atoms with Crippen LogP contribution in [0.4, 0.5) is 11.4 Å². The Kier molecular flexibility index (Phi) is 3.82. The Labute approximate surface area is 108 Å². The number of benzene rings is 1. The second-order valence-electron chi connectivity index (χ2n) is 4.41. The average Bonchev–Trinajstić information content (AvgIpc) is 2.40. The molecule has 3 nitrogen and oxygen atoms in total. The molecule has 94 valence electrons. The van der Waals surface area contributed by atoms with Crippen LogP contribution in [-0.4, -0.2) is 4.98 Å². The van der Waals surface area contributed by atoms with Crippen LogP contribution in [0.1, 0.15) is 23.7 Å². The van der Waals surface area contributed by atoms with Gasteiger partial charge in [-0.1, -0.05) is 19.1 Å². The minimum atomic E-state index is 0.706. The van der Waals surface area contributed by atoms with Crippen molar-refractivity contribution in [2.75, 3.05) is 11.1 Å². The third-order valence-corrected chi connectivity index (χ3v) is 3.02. The Bertz CT molecular complexity index is 535. The number of hydrogen-bond acceptors (Lipinski definition) is 3. The first-order valence-corrected chi connectivity index (χ1v) is 6.23. The van der Waals surface area contributed by atoms with Crippen molar-refractivity contribution < 1.29 is 0 Å². The zero-order valence-electron chi connectivity index (χ0n) is 10.9. The van der Waals surface area contributed by atoms with Gasteiger partial charge < -0.3 is 11.1 Å². The first-order chi connectivity index (χ1) is 8.70. The number of pyridine rings is 1. The lowest BCUT2D eigenvalue weighted by molar-refractivity contribution is 0.972. The van der Waals surface area contributed by atoms with E-state index in [9.17, 15) is 0 Å². The normalized spacial score (nSPS) is 10.3. The van der Waals surface area contributed by atoms with Gasteiger partial charge in [0.2, 0.25) is 0 Å². The van der Waals surface area contributed by atoms with Crippen molar-refractivity contribution in [3.8, 4) is 0 Å². The van der Waals surface area contributed by atoms with Gasteiger partial charge in [-0.25, -0.2) is 0 Å². The highest BCUT2D eigenvalue weighted by Crippen LogP contribution is 2.20. The molecule has 0 atom stereocenters. The fraction of sp³-hybridized carbons (Fsp3) is 0.267. The fourth-order valence-electron chi connectivity index (χ4n) is 1.95. The summed E-state index contributed by atoms with van der Waals surface area (Å²) in [7, 11) is 0. The molecule has 0 amide bonds. The molecule has 0 bridgehead atoms. The number of aryl methyl sites for hydroxylation is 2. The summed E-state index contributed by atoms with van der Waals surface area (Å²) < 4.78 is 0. The lowest BCUT2D eigenvalue weighted by Crippen LogP contribution is -2.06. The molecule has 3 heteroatoms. The quantitative estimate of drug-likeness (QED) is 0.808. The summed E-state index contributed by atoms with van der Waals surface area (Å²) in [6.07, 6.45) is 2.82. The van der Waals surface area contributed by atoms with Crippen molar-refractivity contribution in [2.24, 2.45) is 0 Å². The van der Waals surface area contributed by atoms with E-state index in [1.165, 1.54) is 11.1 Å². The number of nitrogens with two attached hydrogens (primary N) is 1. The van der Waals surface area contributed by atoms with Crippen LogP contribution < -0.4 is 11.1 Å². The van der Waals surface area contributed by atoms with E-state index in [1.807, 2.05) is 24.4 Å². The summed E-state index contributed by atoms with van der Waals surface area (Å²) in [4.78, 5) is 4.41. The molecule has 0 fully saturated rings. The first-order valence-electron chi connectivity index (χ1n) is 6.23. The molecule has 0 saturated heterocycles. The molecule has 1 aromatic carbocycles. The van der Waals surface area contributed by atoms with Gasteiger partial charge in [0, 0.05) is 6.20 Å². The molecular formula is C15H19N3. The topological polar surface area (TPSA) is 50.9 Å². The number of anilines is 2. The summed E-state index contributed by atoms with van der Waals surface area (Å²) in [5, 5.41) is 3.36. The Balaban J connectivity index is 2.14. The van der Waals surface area contributed by atoms with Gasteiger partial charge in [0.25, 0.3) is 0 Å². The SMILES string of the molecule is CCc1cccnc1CNc1cc(C)ccc1N. The highest BCUT2D eigenvalue weighted by atomic mass is 14.9. The van der Waals surface area contributed by atoms with Gasteiger partial charge in [-0.15, -0.1) is 0 Å². The van der Waals surface area contributed by atoms with Crippen LogP contribution in [0.5, 0.6) is 0 Å². The third-order valence-electron chi connectivity index (χ3n) is 3.02. The molecule has 1 aromatic heterocycles. The van der Waals surface area contributed by atoms with E-state index in [4.69, 9.17) is 5.73 Å². The molecule has 3 N–H and O–H groups in total. The predicted molar refractivity (Wildman–Crippen MR) is 76.5 cm³/mol. The Morgan fingerprint density at radius 3 is 2.89 bits per heavy atom. The van der Waals surface area contributed by atoms with Crippen LogP contribution in [0.2, 0.25) is 0 Å². The van der Waals surface area contributed by atoms with Crippen LogP contribution in [-0.2, 0) is 13.0 Å². The van der Waals surface area contributed by atoms with E-state index in [2.05, 4.69) is 36.3 Å². The molecule has 0 unspecified atom stereocenters. The lowest BCUT2D eigenvalue weighted by Gasteiger charge is -2.11. The zero-order valence-corrected chi connectivity index (χ0v) is 10.9. The predicted octanol–water partition coefficient (Wildman–Crippen LogP) is 3.15. The molecule has 2 aromatic rings. The van der Waals surface area contributed by atoms with Crippen molar-refractivity contribution in [1.82, 2.24) is 4.98 Å². The highest BCUT2D eigenvalue weighted by Gasteiger charge is 2.03. The van der Waals surface area contributed by atoms with Crippen LogP contribution in [0.25, 0.3) is 0 Å². The van der Waals surface area contributed by atoms with Gasteiger partial charge in [-0.05, 0) is 42.7 Å². The third kappa shape index (κ3) is 2.80. The Morgan fingerprint density at radius 2 is 2.11 bits per heavy atom. The summed E-state index contributed by atoms with van der Waals surface area (Å²) >= 11 is 0. The van der Waals surface area contributed by atoms with Gasteiger partial charge in [0.05, 0.1) is 23.6 Å². The second kappa shape index (κ2) is 5.54. The molecule has 0 spiro atoms. The van der Waals surface area contributed by atoms with Gasteiger partial charge in [0.1, 0.15) is 0 Å². The number of nitrogens with zero attached hydrogens (tertiary/aromatic N) is 1. The minimum Gasteiger partial charge on any atom is -0.397 e. The van der Waals surface area contributed by atoms with Gasteiger partial charge in [-0.3, -0.25) is 4.98 Å². The van der Waals surface area contributed by atoms with Gasteiger partial charge >= 0.3 is 0 Å². The van der Waals surface area contributed by atoms with E-state index in [-0.39, 0.29) is 0 Å². The van der Waals surface area contributed by atoms with E-state index in [0.29, 0.717) is 6.54 Å². The molecule has 0 aliphatic carbocycles. The maximum Gasteiger partial charge on any atom is 0.0626 e. The van der Waals surface area contributed by atoms with E-state index in [0.717, 1.165) is 23.5 Å². The molecule has 0 aliphatic heterocycles. The number of rotatable bonds is 4. The lowest BCUT2D eigenvalue weighted by atomic mass is 10.1. The average molecular weight is 241 g/mol. The Hall–Kier alpha value is -2.03. The number of aromatic nitrogens is 1. The first kappa shape index (κ1) is 12.4. The molecule has 0 saturated carbocycles. The van der Waals surface area contributed by atoms with E-state index < -0.39 is 0 Å². The standard InChI is InChI=1S/C15H19N3/c1-3-12-5-4-8-17-15(12)10-18-14-9-11(2)6-7-13(14)16/h4-9,18H,3,10,16H2,1-2H3. The zero-order chi connectivity index (χ0) is 13.0. The van der Waals surface area contributed by atoms with Crippen LogP contribution >= 0.6 is 0 Å². The maximum absolute atomic E-state index is 5.94. The molecule has 18 heavy (non-hydrogen) atoms. The molecule has 1 heterocycles. The van der Waals surface area contributed by atoms with E-state index in [1.54, 1.807) is 0 Å². The van der Waals surface area contributed by atoms with Crippen molar-refractivity contribution >= 4 is 11.4 Å². The maximum atomic E-state index is 5.94. The van der Waals surface area contributed by atoms with Gasteiger partial charge in [0.15, 0.2) is 0 Å².